The first-order valence-electron chi connectivity index (χ1n) is 15.6. The third-order valence-corrected chi connectivity index (χ3v) is 9.68. The van der Waals surface area contributed by atoms with Gasteiger partial charge in [0.25, 0.3) is 5.91 Å². The average molecular weight is 658 g/mol. The van der Waals surface area contributed by atoms with Gasteiger partial charge in [0, 0.05) is 53.0 Å². The van der Waals surface area contributed by atoms with E-state index in [-0.39, 0.29) is 36.5 Å². The maximum Gasteiger partial charge on any atom is 0.282 e. The molecular weight excluding hydrogens is 623 g/mol. The molecule has 5 heterocycles. The Kier molecular flexibility index (Phi) is 7.92. The van der Waals surface area contributed by atoms with E-state index in [1.807, 2.05) is 18.4 Å². The van der Waals surface area contributed by atoms with Crippen molar-refractivity contribution in [2.24, 2.45) is 0 Å². The number of rotatable bonds is 6. The van der Waals surface area contributed by atoms with Gasteiger partial charge in [-0.15, -0.1) is 11.3 Å². The molecule has 0 saturated carbocycles. The topological polar surface area (TPSA) is 63.5 Å². The predicted octanol–water partition coefficient (Wildman–Crippen LogP) is 7.93. The van der Waals surface area contributed by atoms with Gasteiger partial charge in [-0.1, -0.05) is 18.7 Å². The van der Waals surface area contributed by atoms with Crippen molar-refractivity contribution in [3.05, 3.63) is 88.7 Å². The molecule has 0 N–H and O–H groups in total. The number of pyridine rings is 1. The molecule has 11 heteroatoms. The smallest absolute Gasteiger partial charge is 0.282 e. The summed E-state index contributed by atoms with van der Waals surface area (Å²) >= 11 is 1.44. The van der Waals surface area contributed by atoms with Crippen LogP contribution >= 0.6 is 11.3 Å². The monoisotopic (exact) mass is 657 g/mol. The highest BCUT2D eigenvalue weighted by atomic mass is 32.1. The Balaban J connectivity index is 1.49. The van der Waals surface area contributed by atoms with Crippen molar-refractivity contribution in [3.63, 3.8) is 0 Å². The largest absolute Gasteiger partial charge is 0.490 e. The van der Waals surface area contributed by atoms with Crippen LogP contribution in [-0.4, -0.2) is 56.7 Å². The third-order valence-electron chi connectivity index (χ3n) is 8.75. The van der Waals surface area contributed by atoms with Crippen LogP contribution in [0.1, 0.15) is 43.6 Å². The van der Waals surface area contributed by atoms with Crippen molar-refractivity contribution in [1.29, 1.82) is 0 Å². The number of hydrogen-bond donors (Lipinski definition) is 0. The number of carbonyl (C=O) groups is 1. The summed E-state index contributed by atoms with van der Waals surface area (Å²) in [6, 6.07) is 12.0. The van der Waals surface area contributed by atoms with Gasteiger partial charge >= 0.3 is 0 Å². The zero-order chi connectivity index (χ0) is 33.1. The van der Waals surface area contributed by atoms with Crippen LogP contribution in [0.25, 0.3) is 43.9 Å². The van der Waals surface area contributed by atoms with Crippen molar-refractivity contribution in [2.75, 3.05) is 20.1 Å². The number of nitrogens with zero attached hydrogens (tertiary/aromatic N) is 5. The lowest BCUT2D eigenvalue weighted by Crippen LogP contribution is -2.40. The van der Waals surface area contributed by atoms with Gasteiger partial charge in [-0.3, -0.25) is 9.48 Å². The molecule has 1 atom stereocenters. The fourth-order valence-electron chi connectivity index (χ4n) is 6.67. The molecule has 0 aliphatic carbocycles. The summed E-state index contributed by atoms with van der Waals surface area (Å²) in [6.45, 7) is 10.9. The second kappa shape index (κ2) is 12.0. The second-order valence-electron chi connectivity index (χ2n) is 12.7. The normalized spacial score (nSPS) is 16.4. The zero-order valence-electron chi connectivity index (χ0n) is 26.6. The molecular formula is C36H34F3N5O2S. The van der Waals surface area contributed by atoms with E-state index in [1.54, 1.807) is 24.6 Å². The van der Waals surface area contributed by atoms with E-state index in [0.717, 1.165) is 46.9 Å². The fourth-order valence-corrected chi connectivity index (χ4v) is 7.62. The number of hydrogen-bond acceptors (Lipinski definition) is 6. The Morgan fingerprint density at radius 3 is 2.64 bits per heavy atom. The molecule has 7 rings (SSSR count). The lowest BCUT2D eigenvalue weighted by Gasteiger charge is -2.31. The quantitative estimate of drug-likeness (QED) is 0.174. The minimum Gasteiger partial charge on any atom is -0.490 e. The zero-order valence-corrected chi connectivity index (χ0v) is 27.4. The van der Waals surface area contributed by atoms with Gasteiger partial charge in [-0.25, -0.2) is 18.2 Å². The summed E-state index contributed by atoms with van der Waals surface area (Å²) in [7, 11) is 2.11. The van der Waals surface area contributed by atoms with Crippen LogP contribution in [0.4, 0.5) is 13.2 Å². The molecule has 1 amide bonds. The van der Waals surface area contributed by atoms with E-state index in [0.29, 0.717) is 22.6 Å². The lowest BCUT2D eigenvalue weighted by atomic mass is 9.93. The van der Waals surface area contributed by atoms with E-state index in [4.69, 9.17) is 14.8 Å². The molecule has 2 aliphatic heterocycles. The van der Waals surface area contributed by atoms with Gasteiger partial charge in [0.05, 0.1) is 35.6 Å². The number of likely N-dealkylation sites (N-methyl/N-ethyl adjacent to an activating group) is 1. The summed E-state index contributed by atoms with van der Waals surface area (Å²) in [5.41, 5.74) is 6.25. The van der Waals surface area contributed by atoms with Gasteiger partial charge in [0.1, 0.15) is 28.8 Å². The minimum absolute atomic E-state index is 0.0662. The van der Waals surface area contributed by atoms with Gasteiger partial charge < -0.3 is 14.5 Å². The number of benzene rings is 2. The third kappa shape index (κ3) is 5.61. The molecule has 0 fully saturated rings. The van der Waals surface area contributed by atoms with Gasteiger partial charge in [0.2, 0.25) is 0 Å². The molecule has 47 heavy (non-hydrogen) atoms. The van der Waals surface area contributed by atoms with E-state index in [2.05, 4.69) is 36.7 Å². The second-order valence-corrected chi connectivity index (χ2v) is 13.6. The molecule has 3 aromatic heterocycles. The average Bonchev–Trinajstić information content (AvgIpc) is 3.68. The first-order chi connectivity index (χ1) is 22.5. The Bertz CT molecular complexity index is 2070. The molecule has 7 nitrogen and oxygen atoms in total. The molecule has 242 valence electrons. The molecule has 2 aromatic carbocycles. The van der Waals surface area contributed by atoms with Crippen LogP contribution in [0.5, 0.6) is 5.75 Å². The van der Waals surface area contributed by atoms with Crippen LogP contribution in [0.2, 0.25) is 0 Å². The molecule has 2 aliphatic rings. The predicted molar refractivity (Wildman–Crippen MR) is 178 cm³/mol. The number of halogens is 3. The van der Waals surface area contributed by atoms with E-state index in [1.165, 1.54) is 33.4 Å². The highest BCUT2D eigenvalue weighted by molar-refractivity contribution is 7.18. The number of amides is 1. The fraction of sp³-hybridized carbons (Fsp3) is 0.306. The Hall–Kier alpha value is -4.48. The number of thiophene rings is 1. The number of carbonyl (C=O) groups excluding carboxylic acids is 1. The van der Waals surface area contributed by atoms with Gasteiger partial charge in [0.15, 0.2) is 5.83 Å². The van der Waals surface area contributed by atoms with Crippen LogP contribution in [-0.2, 0) is 24.3 Å². The van der Waals surface area contributed by atoms with Gasteiger partial charge in [-0.05, 0) is 68.9 Å². The SMILES string of the molecule is C=C(F)C(=O)N1Cc2cc(-c3nc(-c4ccc5c(c4)CCN(C)C5)c4ccsc4c3-c3c(F)cc(F)cc3OC(C)C)nn2C(C)C1. The Morgan fingerprint density at radius 1 is 1.06 bits per heavy atom. The molecule has 0 radical (unpaired) electrons. The first-order valence-corrected chi connectivity index (χ1v) is 16.5. The highest BCUT2D eigenvalue weighted by Crippen LogP contribution is 2.47. The van der Waals surface area contributed by atoms with Crippen molar-refractivity contribution >= 4 is 27.3 Å². The first kappa shape index (κ1) is 31.1. The Morgan fingerprint density at radius 2 is 1.87 bits per heavy atom. The van der Waals surface area contributed by atoms with Crippen LogP contribution in [0.3, 0.4) is 0 Å². The summed E-state index contributed by atoms with van der Waals surface area (Å²) in [5, 5.41) is 7.70. The lowest BCUT2D eigenvalue weighted by molar-refractivity contribution is -0.130. The Labute approximate surface area is 274 Å². The van der Waals surface area contributed by atoms with Crippen molar-refractivity contribution in [2.45, 2.75) is 52.4 Å². The maximum atomic E-state index is 16.1. The van der Waals surface area contributed by atoms with E-state index >= 15 is 4.39 Å². The molecule has 5 aromatic rings. The number of fused-ring (bicyclic) bond motifs is 3. The van der Waals surface area contributed by atoms with Crippen molar-refractivity contribution < 1.29 is 22.7 Å². The summed E-state index contributed by atoms with van der Waals surface area (Å²) in [5.74, 6) is -3.26. The standard InChI is InChI=1S/C36H34F3N5O2S/c1-19(2)46-30-14-25(38)13-28(39)31(30)32-34(29-15-26-18-43(36(45)21(4)37)16-20(3)44(26)41-29)40-33(27-9-11-47-35(27)32)23-6-7-24-17-42(5)10-8-22(24)12-23/h6-7,9,11-15,19-20H,4,8,10,16-18H2,1-3,5H3. The molecule has 0 saturated heterocycles. The molecule has 1 unspecified atom stereocenters. The van der Waals surface area contributed by atoms with Crippen LogP contribution in [0, 0.1) is 11.6 Å². The highest BCUT2D eigenvalue weighted by Gasteiger charge is 2.32. The summed E-state index contributed by atoms with van der Waals surface area (Å²) < 4.78 is 53.1. The minimum atomic E-state index is -1.02. The van der Waals surface area contributed by atoms with Crippen molar-refractivity contribution in [1.82, 2.24) is 24.6 Å². The van der Waals surface area contributed by atoms with Gasteiger partial charge in [-0.2, -0.15) is 5.10 Å². The van der Waals surface area contributed by atoms with Crippen LogP contribution < -0.4 is 4.74 Å². The number of ether oxygens (including phenoxy) is 1. The molecule has 0 spiro atoms. The van der Waals surface area contributed by atoms with E-state index < -0.39 is 23.4 Å². The van der Waals surface area contributed by atoms with E-state index in [9.17, 15) is 13.6 Å². The number of aromatic nitrogens is 3. The van der Waals surface area contributed by atoms with Crippen LogP contribution in [0.15, 0.2) is 60.3 Å². The summed E-state index contributed by atoms with van der Waals surface area (Å²) in [6.07, 6.45) is 0.564. The summed E-state index contributed by atoms with van der Waals surface area (Å²) in [4.78, 5) is 21.4. The maximum absolute atomic E-state index is 16.1. The van der Waals surface area contributed by atoms with Crippen molar-refractivity contribution in [3.8, 4) is 39.5 Å². The molecule has 0 bridgehead atoms.